The van der Waals surface area contributed by atoms with Gasteiger partial charge in [-0.2, -0.15) is 0 Å². The van der Waals surface area contributed by atoms with Gasteiger partial charge in [0.15, 0.2) is 0 Å². The third-order valence-corrected chi connectivity index (χ3v) is 4.45. The molecule has 1 fully saturated rings. The van der Waals surface area contributed by atoms with Gasteiger partial charge in [-0.05, 0) is 61.1 Å². The largest absolute Gasteiger partial charge is 0.303 e. The Morgan fingerprint density at radius 1 is 0.870 bits per heavy atom. The number of carbonyl (C=O) groups is 1. The lowest BCUT2D eigenvalue weighted by molar-refractivity contribution is -0.112. The Labute approximate surface area is 136 Å². The van der Waals surface area contributed by atoms with Crippen molar-refractivity contribution in [2.24, 2.45) is 11.8 Å². The lowest BCUT2D eigenvalue weighted by Gasteiger charge is -2.21. The lowest BCUT2D eigenvalue weighted by atomic mass is 9.83. The average Bonchev–Trinajstić information content (AvgIpc) is 2.61. The zero-order chi connectivity index (χ0) is 16.1. The summed E-state index contributed by atoms with van der Waals surface area (Å²) in [6.45, 7) is 0. The van der Waals surface area contributed by atoms with Crippen molar-refractivity contribution in [2.75, 3.05) is 0 Å². The Kier molecular flexibility index (Phi) is 4.88. The summed E-state index contributed by atoms with van der Waals surface area (Å²) in [7, 11) is 0. The number of rotatable bonds is 2. The standard InChI is InChI=1S/C21H19FO/c22-21-13-11-20(12-14-21)19-9-7-17(8-10-19)2-1-16-3-5-18(15-23)6-4-16/h7-16,18H,3-6H2/t16-,18-. The third kappa shape index (κ3) is 4.07. The molecule has 0 amide bonds. The van der Waals surface area contributed by atoms with E-state index in [1.54, 1.807) is 12.1 Å². The number of aldehydes is 1. The first kappa shape index (κ1) is 15.5. The molecule has 0 unspecified atom stereocenters. The van der Waals surface area contributed by atoms with Crippen LogP contribution in [0, 0.1) is 29.5 Å². The molecule has 2 aromatic rings. The zero-order valence-electron chi connectivity index (χ0n) is 13.0. The smallest absolute Gasteiger partial charge is 0.123 e. The molecule has 2 heteroatoms. The maximum Gasteiger partial charge on any atom is 0.123 e. The average molecular weight is 306 g/mol. The lowest BCUT2D eigenvalue weighted by Crippen LogP contribution is -2.14. The number of hydrogen-bond acceptors (Lipinski definition) is 1. The molecule has 0 spiro atoms. The van der Waals surface area contributed by atoms with Gasteiger partial charge in [-0.3, -0.25) is 0 Å². The van der Waals surface area contributed by atoms with Gasteiger partial charge < -0.3 is 4.79 Å². The van der Waals surface area contributed by atoms with Crippen molar-refractivity contribution in [1.82, 2.24) is 0 Å². The Bertz CT molecular complexity index is 711. The van der Waals surface area contributed by atoms with E-state index in [-0.39, 0.29) is 11.7 Å². The molecule has 1 nitrogen and oxygen atoms in total. The molecule has 3 rings (SSSR count). The van der Waals surface area contributed by atoms with Gasteiger partial charge in [0.05, 0.1) is 0 Å². The van der Waals surface area contributed by atoms with Crippen molar-refractivity contribution in [1.29, 1.82) is 0 Å². The number of halogens is 1. The first-order chi connectivity index (χ1) is 11.2. The number of benzene rings is 2. The van der Waals surface area contributed by atoms with E-state index < -0.39 is 0 Å². The van der Waals surface area contributed by atoms with Crippen LogP contribution in [0.2, 0.25) is 0 Å². The van der Waals surface area contributed by atoms with Crippen molar-refractivity contribution < 1.29 is 9.18 Å². The molecule has 0 aromatic heterocycles. The summed E-state index contributed by atoms with van der Waals surface area (Å²) in [5, 5.41) is 0. The van der Waals surface area contributed by atoms with Gasteiger partial charge in [-0.15, -0.1) is 0 Å². The van der Waals surface area contributed by atoms with E-state index in [1.807, 2.05) is 24.3 Å². The van der Waals surface area contributed by atoms with Crippen LogP contribution in [0.3, 0.4) is 0 Å². The fraction of sp³-hybridized carbons (Fsp3) is 0.286. The molecule has 0 aliphatic heterocycles. The Morgan fingerprint density at radius 2 is 1.43 bits per heavy atom. The maximum atomic E-state index is 13.0. The van der Waals surface area contributed by atoms with Crippen molar-refractivity contribution in [3.8, 4) is 23.0 Å². The van der Waals surface area contributed by atoms with Crippen molar-refractivity contribution >= 4 is 6.29 Å². The van der Waals surface area contributed by atoms with Crippen molar-refractivity contribution in [3.63, 3.8) is 0 Å². The summed E-state index contributed by atoms with van der Waals surface area (Å²) < 4.78 is 13.0. The minimum atomic E-state index is -0.222. The summed E-state index contributed by atoms with van der Waals surface area (Å²) in [6.07, 6.45) is 5.05. The molecule has 1 aliphatic rings. The molecular weight excluding hydrogens is 287 g/mol. The summed E-state index contributed by atoms with van der Waals surface area (Å²) >= 11 is 0. The van der Waals surface area contributed by atoms with E-state index in [0.717, 1.165) is 48.7 Å². The Hall–Kier alpha value is -2.40. The minimum absolute atomic E-state index is 0.222. The second kappa shape index (κ2) is 7.24. The second-order valence-corrected chi connectivity index (χ2v) is 6.10. The first-order valence-electron chi connectivity index (χ1n) is 8.07. The molecule has 2 aromatic carbocycles. The minimum Gasteiger partial charge on any atom is -0.303 e. The SMILES string of the molecule is O=C[C@H]1CC[C@H](C#Cc2ccc(-c3ccc(F)cc3)cc2)CC1. The van der Waals surface area contributed by atoms with Gasteiger partial charge in [-0.1, -0.05) is 36.1 Å². The molecule has 1 aliphatic carbocycles. The molecule has 0 heterocycles. The molecule has 0 atom stereocenters. The van der Waals surface area contributed by atoms with E-state index >= 15 is 0 Å². The van der Waals surface area contributed by atoms with Gasteiger partial charge in [0, 0.05) is 17.4 Å². The zero-order valence-corrected chi connectivity index (χ0v) is 13.0. The van der Waals surface area contributed by atoms with Gasteiger partial charge in [0.1, 0.15) is 12.1 Å². The molecule has 0 saturated heterocycles. The Morgan fingerprint density at radius 3 is 2.00 bits per heavy atom. The van der Waals surface area contributed by atoms with Crippen LogP contribution in [0.15, 0.2) is 48.5 Å². The van der Waals surface area contributed by atoms with E-state index in [1.165, 1.54) is 12.1 Å². The van der Waals surface area contributed by atoms with Gasteiger partial charge in [0.25, 0.3) is 0 Å². The van der Waals surface area contributed by atoms with Crippen LogP contribution in [-0.4, -0.2) is 6.29 Å². The molecule has 23 heavy (non-hydrogen) atoms. The summed E-state index contributed by atoms with van der Waals surface area (Å²) in [5.74, 6) is 6.99. The molecule has 0 N–H and O–H groups in total. The summed E-state index contributed by atoms with van der Waals surface area (Å²) in [5.41, 5.74) is 3.05. The third-order valence-electron chi connectivity index (χ3n) is 4.45. The van der Waals surface area contributed by atoms with E-state index in [4.69, 9.17) is 0 Å². The quantitative estimate of drug-likeness (QED) is 0.572. The predicted octanol–water partition coefficient (Wildman–Crippen LogP) is 4.85. The first-order valence-corrected chi connectivity index (χ1v) is 8.07. The summed E-state index contributed by atoms with van der Waals surface area (Å²) in [6, 6.07) is 14.5. The van der Waals surface area contributed by atoms with E-state index in [9.17, 15) is 9.18 Å². The number of hydrogen-bond donors (Lipinski definition) is 0. The monoisotopic (exact) mass is 306 g/mol. The summed E-state index contributed by atoms with van der Waals surface area (Å²) in [4.78, 5) is 10.8. The highest BCUT2D eigenvalue weighted by Gasteiger charge is 2.18. The molecular formula is C21H19FO. The van der Waals surface area contributed by atoms with Crippen LogP contribution in [-0.2, 0) is 4.79 Å². The highest BCUT2D eigenvalue weighted by atomic mass is 19.1. The van der Waals surface area contributed by atoms with Crippen molar-refractivity contribution in [3.05, 3.63) is 59.9 Å². The fourth-order valence-electron chi connectivity index (χ4n) is 2.97. The van der Waals surface area contributed by atoms with Gasteiger partial charge in [0.2, 0.25) is 0 Å². The molecule has 0 radical (unpaired) electrons. The fourth-order valence-corrected chi connectivity index (χ4v) is 2.97. The van der Waals surface area contributed by atoms with Crippen molar-refractivity contribution in [2.45, 2.75) is 25.7 Å². The Balaban J connectivity index is 1.65. The predicted molar refractivity (Wildman–Crippen MR) is 90.2 cm³/mol. The highest BCUT2D eigenvalue weighted by Crippen LogP contribution is 2.27. The van der Waals surface area contributed by atoms with Crippen LogP contribution >= 0.6 is 0 Å². The second-order valence-electron chi connectivity index (χ2n) is 6.10. The van der Waals surface area contributed by atoms with Crippen LogP contribution in [0.5, 0.6) is 0 Å². The van der Waals surface area contributed by atoms with Crippen LogP contribution < -0.4 is 0 Å². The maximum absolute atomic E-state index is 13.0. The normalized spacial score (nSPS) is 20.4. The molecule has 0 bridgehead atoms. The van der Waals surface area contributed by atoms with Crippen LogP contribution in [0.1, 0.15) is 31.2 Å². The molecule has 1 saturated carbocycles. The van der Waals surface area contributed by atoms with Crippen LogP contribution in [0.25, 0.3) is 11.1 Å². The van der Waals surface area contributed by atoms with Gasteiger partial charge in [-0.25, -0.2) is 4.39 Å². The van der Waals surface area contributed by atoms with Gasteiger partial charge >= 0.3 is 0 Å². The van der Waals surface area contributed by atoms with E-state index in [0.29, 0.717) is 5.92 Å². The highest BCUT2D eigenvalue weighted by molar-refractivity contribution is 5.64. The topological polar surface area (TPSA) is 17.1 Å². The number of carbonyl (C=O) groups excluding carboxylic acids is 1. The molecule has 116 valence electrons. The van der Waals surface area contributed by atoms with E-state index in [2.05, 4.69) is 11.8 Å². The van der Waals surface area contributed by atoms with Crippen LogP contribution in [0.4, 0.5) is 4.39 Å².